The summed E-state index contributed by atoms with van der Waals surface area (Å²) in [6.45, 7) is 1.39. The van der Waals surface area contributed by atoms with Crippen molar-refractivity contribution in [2.24, 2.45) is 0 Å². The van der Waals surface area contributed by atoms with Crippen LogP contribution in [-0.4, -0.2) is 22.2 Å². The molecule has 1 heterocycles. The van der Waals surface area contributed by atoms with Gasteiger partial charge in [0.05, 0.1) is 0 Å². The average molecular weight is 281 g/mol. The molecule has 106 valence electrons. The Morgan fingerprint density at radius 3 is 2.62 bits per heavy atom. The molecule has 1 aromatic heterocycles. The molecule has 0 saturated heterocycles. The van der Waals surface area contributed by atoms with E-state index in [1.165, 1.54) is 6.92 Å². The lowest BCUT2D eigenvalue weighted by molar-refractivity contribution is -0.142. The van der Waals surface area contributed by atoms with E-state index in [4.69, 9.17) is 4.74 Å². The number of hydrogen-bond acceptors (Lipinski definition) is 3. The Labute approximate surface area is 122 Å². The highest BCUT2D eigenvalue weighted by Crippen LogP contribution is 2.35. The van der Waals surface area contributed by atoms with Crippen LogP contribution in [0.1, 0.15) is 6.92 Å². The van der Waals surface area contributed by atoms with E-state index in [1.807, 2.05) is 42.6 Å². The van der Waals surface area contributed by atoms with Gasteiger partial charge in [0.2, 0.25) is 0 Å². The molecular weight excluding hydrogens is 266 g/mol. The van der Waals surface area contributed by atoms with Gasteiger partial charge in [-0.3, -0.25) is 0 Å². The fourth-order valence-electron chi connectivity index (χ4n) is 2.27. The first-order chi connectivity index (χ1) is 10.2. The lowest BCUT2D eigenvalue weighted by Gasteiger charge is -2.10. The molecule has 0 saturated carbocycles. The molecule has 3 rings (SSSR count). The number of benzene rings is 2. The SMILES string of the molecule is CC(O)C(=O)Oc1ccccc1-c1c[nH]c2ccccc12. The molecule has 1 atom stereocenters. The van der Waals surface area contributed by atoms with E-state index < -0.39 is 12.1 Å². The summed E-state index contributed by atoms with van der Waals surface area (Å²) < 4.78 is 5.28. The van der Waals surface area contributed by atoms with Gasteiger partial charge in [0, 0.05) is 28.2 Å². The monoisotopic (exact) mass is 281 g/mol. The highest BCUT2D eigenvalue weighted by Gasteiger charge is 2.16. The maximum Gasteiger partial charge on any atom is 0.340 e. The largest absolute Gasteiger partial charge is 0.424 e. The number of aliphatic hydroxyl groups is 1. The van der Waals surface area contributed by atoms with Crippen LogP contribution >= 0.6 is 0 Å². The highest BCUT2D eigenvalue weighted by atomic mass is 16.5. The molecular formula is C17H15NO3. The molecule has 0 aliphatic heterocycles. The van der Waals surface area contributed by atoms with E-state index in [0.29, 0.717) is 5.75 Å². The minimum Gasteiger partial charge on any atom is -0.424 e. The van der Waals surface area contributed by atoms with Gasteiger partial charge in [0.15, 0.2) is 0 Å². The Bertz CT molecular complexity index is 789. The fourth-order valence-corrected chi connectivity index (χ4v) is 2.27. The third kappa shape index (κ3) is 2.53. The third-order valence-corrected chi connectivity index (χ3v) is 3.32. The molecule has 2 N–H and O–H groups in total. The van der Waals surface area contributed by atoms with E-state index in [1.54, 1.807) is 12.1 Å². The summed E-state index contributed by atoms with van der Waals surface area (Å²) >= 11 is 0. The van der Waals surface area contributed by atoms with Crippen molar-refractivity contribution in [3.05, 3.63) is 54.7 Å². The first-order valence-corrected chi connectivity index (χ1v) is 6.72. The Hall–Kier alpha value is -2.59. The van der Waals surface area contributed by atoms with Gasteiger partial charge >= 0.3 is 5.97 Å². The normalized spacial score (nSPS) is 12.3. The van der Waals surface area contributed by atoms with Crippen molar-refractivity contribution in [1.29, 1.82) is 0 Å². The van der Waals surface area contributed by atoms with Gasteiger partial charge in [-0.25, -0.2) is 4.79 Å². The molecule has 0 aliphatic rings. The first kappa shape index (κ1) is 13.4. The standard InChI is InChI=1S/C17H15NO3/c1-11(19)17(20)21-16-9-5-3-7-13(16)14-10-18-15-8-4-2-6-12(14)15/h2-11,18-19H,1H3. The second-order valence-corrected chi connectivity index (χ2v) is 4.84. The Kier molecular flexibility index (Phi) is 3.46. The van der Waals surface area contributed by atoms with Crippen molar-refractivity contribution in [3.8, 4) is 16.9 Å². The van der Waals surface area contributed by atoms with E-state index in [-0.39, 0.29) is 0 Å². The van der Waals surface area contributed by atoms with Crippen molar-refractivity contribution in [2.45, 2.75) is 13.0 Å². The topological polar surface area (TPSA) is 62.3 Å². The van der Waals surface area contributed by atoms with Gasteiger partial charge in [-0.2, -0.15) is 0 Å². The molecule has 0 fully saturated rings. The number of hydrogen-bond donors (Lipinski definition) is 2. The van der Waals surface area contributed by atoms with Gasteiger partial charge in [0.1, 0.15) is 11.9 Å². The Morgan fingerprint density at radius 2 is 1.81 bits per heavy atom. The van der Waals surface area contributed by atoms with Gasteiger partial charge in [-0.1, -0.05) is 36.4 Å². The van der Waals surface area contributed by atoms with Gasteiger partial charge in [0.25, 0.3) is 0 Å². The maximum absolute atomic E-state index is 11.6. The summed E-state index contributed by atoms with van der Waals surface area (Å²) in [6.07, 6.45) is 0.737. The quantitative estimate of drug-likeness (QED) is 0.572. The van der Waals surface area contributed by atoms with Crippen LogP contribution in [0.25, 0.3) is 22.0 Å². The molecule has 4 heteroatoms. The number of H-pyrrole nitrogens is 1. The van der Waals surface area contributed by atoms with Gasteiger partial charge < -0.3 is 14.8 Å². The minimum absolute atomic E-state index is 0.438. The van der Waals surface area contributed by atoms with E-state index >= 15 is 0 Å². The summed E-state index contributed by atoms with van der Waals surface area (Å²) in [5.74, 6) is -0.226. The summed E-state index contributed by atoms with van der Waals surface area (Å²) in [7, 11) is 0. The number of fused-ring (bicyclic) bond motifs is 1. The number of para-hydroxylation sites is 2. The molecule has 1 unspecified atom stereocenters. The number of esters is 1. The van der Waals surface area contributed by atoms with Crippen molar-refractivity contribution in [2.75, 3.05) is 0 Å². The summed E-state index contributed by atoms with van der Waals surface area (Å²) in [6, 6.07) is 15.2. The number of nitrogens with one attached hydrogen (secondary N) is 1. The average Bonchev–Trinajstić information content (AvgIpc) is 2.91. The molecule has 3 aromatic rings. The number of aromatic nitrogens is 1. The summed E-state index contributed by atoms with van der Waals surface area (Å²) in [5, 5.41) is 10.3. The second-order valence-electron chi connectivity index (χ2n) is 4.84. The van der Waals surface area contributed by atoms with E-state index in [2.05, 4.69) is 4.98 Å². The van der Waals surface area contributed by atoms with E-state index in [0.717, 1.165) is 22.0 Å². The van der Waals surface area contributed by atoms with E-state index in [9.17, 15) is 9.90 Å². The molecule has 21 heavy (non-hydrogen) atoms. The molecule has 4 nitrogen and oxygen atoms in total. The van der Waals surface area contributed by atoms with Crippen LogP contribution in [0.15, 0.2) is 54.7 Å². The smallest absolute Gasteiger partial charge is 0.340 e. The van der Waals surface area contributed by atoms with Crippen LogP contribution in [0.4, 0.5) is 0 Å². The first-order valence-electron chi connectivity index (χ1n) is 6.72. The molecule has 2 aromatic carbocycles. The Morgan fingerprint density at radius 1 is 1.10 bits per heavy atom. The number of rotatable bonds is 3. The van der Waals surface area contributed by atoms with Crippen molar-refractivity contribution in [3.63, 3.8) is 0 Å². The highest BCUT2D eigenvalue weighted by molar-refractivity contribution is 5.97. The lowest BCUT2D eigenvalue weighted by atomic mass is 10.0. The number of ether oxygens (including phenoxy) is 1. The minimum atomic E-state index is -1.15. The van der Waals surface area contributed by atoms with Crippen LogP contribution in [-0.2, 0) is 4.79 Å². The van der Waals surface area contributed by atoms with Crippen molar-refractivity contribution >= 4 is 16.9 Å². The van der Waals surface area contributed by atoms with Crippen molar-refractivity contribution in [1.82, 2.24) is 4.98 Å². The number of carbonyl (C=O) groups excluding carboxylic acids is 1. The molecule has 0 bridgehead atoms. The van der Waals surface area contributed by atoms with Crippen LogP contribution < -0.4 is 4.74 Å². The third-order valence-electron chi connectivity index (χ3n) is 3.32. The molecule has 0 aliphatic carbocycles. The summed E-state index contributed by atoms with van der Waals surface area (Å²) in [4.78, 5) is 14.8. The van der Waals surface area contributed by atoms with Crippen molar-refractivity contribution < 1.29 is 14.6 Å². The zero-order chi connectivity index (χ0) is 14.8. The maximum atomic E-state index is 11.6. The predicted molar refractivity (Wildman–Crippen MR) is 81.1 cm³/mol. The van der Waals surface area contributed by atoms with Crippen LogP contribution in [0, 0.1) is 0 Å². The molecule has 0 radical (unpaired) electrons. The fraction of sp³-hybridized carbons (Fsp3) is 0.118. The van der Waals surface area contributed by atoms with Gasteiger partial charge in [-0.05, 0) is 19.1 Å². The van der Waals surface area contributed by atoms with Crippen LogP contribution in [0.2, 0.25) is 0 Å². The Balaban J connectivity index is 2.08. The number of carbonyl (C=O) groups is 1. The number of aliphatic hydroxyl groups excluding tert-OH is 1. The van der Waals surface area contributed by atoms with Crippen LogP contribution in [0.5, 0.6) is 5.75 Å². The summed E-state index contributed by atoms with van der Waals surface area (Å²) in [5.41, 5.74) is 2.78. The van der Waals surface area contributed by atoms with Gasteiger partial charge in [-0.15, -0.1) is 0 Å². The lowest BCUT2D eigenvalue weighted by Crippen LogP contribution is -2.22. The molecule has 0 spiro atoms. The number of aromatic amines is 1. The second kappa shape index (κ2) is 5.42. The van der Waals surface area contributed by atoms with Crippen LogP contribution in [0.3, 0.4) is 0 Å². The zero-order valence-electron chi connectivity index (χ0n) is 11.5. The molecule has 0 amide bonds. The zero-order valence-corrected chi connectivity index (χ0v) is 11.5. The predicted octanol–water partition coefficient (Wildman–Crippen LogP) is 3.12.